The summed E-state index contributed by atoms with van der Waals surface area (Å²) in [5.41, 5.74) is 0. The lowest BCUT2D eigenvalue weighted by Crippen LogP contribution is -2.26. The predicted molar refractivity (Wildman–Crippen MR) is 112 cm³/mol. The van der Waals surface area contributed by atoms with Crippen molar-refractivity contribution in [2.45, 2.75) is 109 Å². The van der Waals surface area contributed by atoms with Gasteiger partial charge in [-0.2, -0.15) is 0 Å². The summed E-state index contributed by atoms with van der Waals surface area (Å²) in [7, 11) is 0. The Labute approximate surface area is 175 Å². The minimum absolute atomic E-state index is 0.00619. The van der Waals surface area contributed by atoms with E-state index in [1.165, 1.54) is 19.8 Å². The highest BCUT2D eigenvalue weighted by Gasteiger charge is 2.43. The first-order chi connectivity index (χ1) is 13.8. The summed E-state index contributed by atoms with van der Waals surface area (Å²) in [6.45, 7) is 3.55. The van der Waals surface area contributed by atoms with E-state index in [1.54, 1.807) is 0 Å². The monoisotopic (exact) mass is 412 g/mol. The number of esters is 1. The van der Waals surface area contributed by atoms with Gasteiger partial charge in [-0.05, 0) is 44.4 Å². The average molecular weight is 413 g/mol. The van der Waals surface area contributed by atoms with Crippen LogP contribution in [0, 0.1) is 11.8 Å². The van der Waals surface area contributed by atoms with Crippen LogP contribution >= 0.6 is 0 Å². The Morgan fingerprint density at radius 3 is 2.52 bits per heavy atom. The van der Waals surface area contributed by atoms with Crippen molar-refractivity contribution in [3.05, 3.63) is 12.2 Å². The van der Waals surface area contributed by atoms with Crippen LogP contribution in [0.2, 0.25) is 0 Å². The zero-order chi connectivity index (χ0) is 21.6. The average Bonchev–Trinajstić information content (AvgIpc) is 2.93. The van der Waals surface area contributed by atoms with Crippen LogP contribution in [0.3, 0.4) is 0 Å². The third-order valence-electron chi connectivity index (χ3n) is 5.87. The van der Waals surface area contributed by atoms with Crippen molar-refractivity contribution in [3.8, 4) is 0 Å². The molecule has 5 atom stereocenters. The van der Waals surface area contributed by atoms with Crippen molar-refractivity contribution in [1.29, 1.82) is 0 Å². The lowest BCUT2D eigenvalue weighted by Gasteiger charge is -2.25. The number of hydrogen-bond acceptors (Lipinski definition) is 5. The molecule has 0 radical (unpaired) electrons. The van der Waals surface area contributed by atoms with E-state index in [0.717, 1.165) is 19.3 Å². The van der Waals surface area contributed by atoms with E-state index in [-0.39, 0.29) is 36.4 Å². The first kappa shape index (κ1) is 25.6. The zero-order valence-corrected chi connectivity index (χ0v) is 18.1. The molecule has 1 rings (SSSR count). The van der Waals surface area contributed by atoms with Gasteiger partial charge < -0.3 is 20.1 Å². The Balaban J connectivity index is 2.55. The van der Waals surface area contributed by atoms with Crippen molar-refractivity contribution in [1.82, 2.24) is 0 Å². The fourth-order valence-corrected chi connectivity index (χ4v) is 4.31. The first-order valence-electron chi connectivity index (χ1n) is 11.2. The van der Waals surface area contributed by atoms with E-state index in [2.05, 4.69) is 6.92 Å². The number of carbonyl (C=O) groups excluding carboxylic acids is 1. The third-order valence-corrected chi connectivity index (χ3v) is 5.87. The molecule has 6 nitrogen and oxygen atoms in total. The Kier molecular flexibility index (Phi) is 12.9. The molecule has 0 amide bonds. The molecule has 0 bridgehead atoms. The third kappa shape index (κ3) is 10.8. The molecule has 3 N–H and O–H groups in total. The van der Waals surface area contributed by atoms with Crippen molar-refractivity contribution in [2.24, 2.45) is 11.8 Å². The number of carboxylic acids is 1. The molecule has 0 heterocycles. The van der Waals surface area contributed by atoms with Gasteiger partial charge in [0.2, 0.25) is 0 Å². The maximum atomic E-state index is 11.5. The molecular weight excluding hydrogens is 372 g/mol. The van der Waals surface area contributed by atoms with E-state index in [1.807, 2.05) is 12.2 Å². The van der Waals surface area contributed by atoms with Gasteiger partial charge in [-0.3, -0.25) is 9.59 Å². The number of unbranched alkanes of at least 4 members (excludes halogenated alkanes) is 4. The molecule has 0 aromatic carbocycles. The Morgan fingerprint density at radius 1 is 1.10 bits per heavy atom. The van der Waals surface area contributed by atoms with Gasteiger partial charge in [0.1, 0.15) is 6.10 Å². The topological polar surface area (TPSA) is 104 Å². The van der Waals surface area contributed by atoms with Gasteiger partial charge in [0.15, 0.2) is 0 Å². The second-order valence-corrected chi connectivity index (χ2v) is 8.35. The Hall–Kier alpha value is -1.40. The fourth-order valence-electron chi connectivity index (χ4n) is 4.31. The molecule has 6 heteroatoms. The normalized spacial score (nSPS) is 25.4. The van der Waals surface area contributed by atoms with E-state index < -0.39 is 12.1 Å². The molecule has 0 aromatic rings. The molecule has 168 valence electrons. The molecule has 29 heavy (non-hydrogen) atoms. The van der Waals surface area contributed by atoms with Crippen molar-refractivity contribution in [3.63, 3.8) is 0 Å². The van der Waals surface area contributed by atoms with Crippen LogP contribution < -0.4 is 0 Å². The van der Waals surface area contributed by atoms with Crippen LogP contribution in [0.4, 0.5) is 0 Å². The van der Waals surface area contributed by atoms with Gasteiger partial charge in [-0.1, -0.05) is 44.8 Å². The van der Waals surface area contributed by atoms with Crippen molar-refractivity contribution in [2.75, 3.05) is 0 Å². The number of rotatable bonds is 15. The summed E-state index contributed by atoms with van der Waals surface area (Å²) >= 11 is 0. The lowest BCUT2D eigenvalue weighted by molar-refractivity contribution is -0.148. The highest BCUT2D eigenvalue weighted by atomic mass is 16.5. The summed E-state index contributed by atoms with van der Waals surface area (Å²) < 4.78 is 5.46. The maximum absolute atomic E-state index is 11.5. The molecule has 0 spiro atoms. The molecule has 1 fully saturated rings. The van der Waals surface area contributed by atoms with Gasteiger partial charge in [-0.25, -0.2) is 0 Å². The van der Waals surface area contributed by atoms with Crippen LogP contribution in [0.25, 0.3) is 0 Å². The van der Waals surface area contributed by atoms with E-state index in [9.17, 15) is 19.8 Å². The number of carboxylic acid groups (broad SMARTS) is 1. The smallest absolute Gasteiger partial charge is 0.303 e. The summed E-state index contributed by atoms with van der Waals surface area (Å²) in [6, 6.07) is 0. The number of aliphatic carboxylic acids is 1. The summed E-state index contributed by atoms with van der Waals surface area (Å²) in [5.74, 6) is -1.11. The molecular formula is C23H40O6. The number of ether oxygens (including phenoxy) is 1. The van der Waals surface area contributed by atoms with Gasteiger partial charge >= 0.3 is 11.9 Å². The quantitative estimate of drug-likeness (QED) is 0.211. The van der Waals surface area contributed by atoms with Crippen molar-refractivity contribution < 1.29 is 29.6 Å². The minimum atomic E-state index is -0.791. The maximum Gasteiger partial charge on any atom is 0.303 e. The van der Waals surface area contributed by atoms with Gasteiger partial charge in [0.05, 0.1) is 12.2 Å². The lowest BCUT2D eigenvalue weighted by atomic mass is 9.85. The Bertz CT molecular complexity index is 504. The molecule has 0 aliphatic heterocycles. The van der Waals surface area contributed by atoms with E-state index in [4.69, 9.17) is 9.84 Å². The van der Waals surface area contributed by atoms with E-state index in [0.29, 0.717) is 38.5 Å². The summed E-state index contributed by atoms with van der Waals surface area (Å²) in [6.07, 6.45) is 12.1. The van der Waals surface area contributed by atoms with Crippen LogP contribution in [0.1, 0.15) is 90.9 Å². The number of hydrogen-bond donors (Lipinski definition) is 3. The fraction of sp³-hybridized carbons (Fsp3) is 0.826. The second-order valence-electron chi connectivity index (χ2n) is 8.35. The standard InChI is InChI=1S/C23H40O6/c1-3-4-5-8-11-18(25)14-15-19-20(12-9-6-7-10-13-23(27)28)22(16-21(19)26)29-17(2)24/h6,9,18-22,25-26H,3-5,7-8,10-16H2,1-2H3,(H,27,28)/b9-6-/t18-,19+,20+,21+,22-/m1/s1. The van der Waals surface area contributed by atoms with Crippen LogP contribution in [0.15, 0.2) is 12.2 Å². The predicted octanol–water partition coefficient (Wildman–Crippen LogP) is 4.23. The van der Waals surface area contributed by atoms with Crippen LogP contribution in [0.5, 0.6) is 0 Å². The molecule has 1 aliphatic carbocycles. The zero-order valence-electron chi connectivity index (χ0n) is 18.1. The number of allylic oxidation sites excluding steroid dienone is 2. The molecule has 0 saturated heterocycles. The summed E-state index contributed by atoms with van der Waals surface area (Å²) in [5, 5.41) is 29.5. The minimum Gasteiger partial charge on any atom is -0.481 e. The molecule has 0 unspecified atom stereocenters. The van der Waals surface area contributed by atoms with Gasteiger partial charge in [-0.15, -0.1) is 0 Å². The first-order valence-corrected chi connectivity index (χ1v) is 11.2. The Morgan fingerprint density at radius 2 is 1.86 bits per heavy atom. The SMILES string of the molecule is CCCCCC[C@@H](O)CC[C@H]1[C@H](C/C=C\CCCC(=O)O)[C@H](OC(C)=O)C[C@@H]1O. The summed E-state index contributed by atoms with van der Waals surface area (Å²) in [4.78, 5) is 22.0. The highest BCUT2D eigenvalue weighted by Crippen LogP contribution is 2.40. The van der Waals surface area contributed by atoms with Crippen LogP contribution in [-0.2, 0) is 14.3 Å². The van der Waals surface area contributed by atoms with Gasteiger partial charge in [0, 0.05) is 25.7 Å². The number of aliphatic hydroxyl groups excluding tert-OH is 2. The molecule has 1 aliphatic rings. The molecule has 1 saturated carbocycles. The molecule has 0 aromatic heterocycles. The van der Waals surface area contributed by atoms with Gasteiger partial charge in [0.25, 0.3) is 0 Å². The second kappa shape index (κ2) is 14.6. The van der Waals surface area contributed by atoms with Crippen molar-refractivity contribution >= 4 is 11.9 Å². The van der Waals surface area contributed by atoms with Crippen LogP contribution in [-0.4, -0.2) is 45.6 Å². The van der Waals surface area contributed by atoms with E-state index >= 15 is 0 Å². The highest BCUT2D eigenvalue weighted by molar-refractivity contribution is 5.66. The largest absolute Gasteiger partial charge is 0.481 e. The number of aliphatic hydroxyl groups is 2. The number of carbonyl (C=O) groups is 2.